The van der Waals surface area contributed by atoms with Crippen LogP contribution in [-0.4, -0.2) is 49.5 Å². The maximum Gasteiger partial charge on any atom is 0.291 e. The van der Waals surface area contributed by atoms with E-state index in [1.165, 1.54) is 32.1 Å². The highest BCUT2D eigenvalue weighted by molar-refractivity contribution is 14.0. The molecule has 1 unspecified atom stereocenters. The zero-order valence-corrected chi connectivity index (χ0v) is 20.7. The van der Waals surface area contributed by atoms with E-state index in [9.17, 15) is 4.79 Å². The number of hydrogen-bond donors (Lipinski definition) is 3. The van der Waals surface area contributed by atoms with Gasteiger partial charge in [-0.3, -0.25) is 9.79 Å². The number of nitrogens with zero attached hydrogens (tertiary/aromatic N) is 2. The van der Waals surface area contributed by atoms with Gasteiger partial charge >= 0.3 is 0 Å². The third kappa shape index (κ3) is 8.17. The van der Waals surface area contributed by atoms with Crippen molar-refractivity contribution in [2.24, 2.45) is 4.99 Å². The van der Waals surface area contributed by atoms with Crippen molar-refractivity contribution < 1.29 is 9.21 Å². The van der Waals surface area contributed by atoms with E-state index in [2.05, 4.69) is 32.8 Å². The summed E-state index contributed by atoms with van der Waals surface area (Å²) in [7, 11) is 1.79. The lowest BCUT2D eigenvalue weighted by atomic mass is 10.0. The second kappa shape index (κ2) is 13.4. The lowest BCUT2D eigenvalue weighted by Gasteiger charge is -2.33. The molecule has 0 bridgehead atoms. The number of benzene rings is 1. The molecule has 2 heterocycles. The number of amides is 1. The second-order valence-electron chi connectivity index (χ2n) is 7.72. The number of aliphatic imine (C=N–C) groups is 1. The van der Waals surface area contributed by atoms with Crippen molar-refractivity contribution >= 4 is 41.5 Å². The molecule has 170 valence electrons. The third-order valence-corrected chi connectivity index (χ3v) is 5.50. The van der Waals surface area contributed by atoms with Gasteiger partial charge < -0.3 is 25.3 Å². The van der Waals surface area contributed by atoms with Crippen LogP contribution in [0.4, 0.5) is 5.69 Å². The molecule has 0 saturated carbocycles. The summed E-state index contributed by atoms with van der Waals surface area (Å²) in [5.74, 6) is 0.844. The fourth-order valence-corrected chi connectivity index (χ4v) is 3.69. The summed E-state index contributed by atoms with van der Waals surface area (Å²) >= 11 is 0. The summed E-state index contributed by atoms with van der Waals surface area (Å²) < 4.78 is 5.10. The minimum absolute atomic E-state index is 0. The van der Waals surface area contributed by atoms with E-state index in [0.717, 1.165) is 36.7 Å². The molecule has 1 atom stereocenters. The second-order valence-corrected chi connectivity index (χ2v) is 7.72. The molecule has 8 heteroatoms. The number of carbonyl (C=O) groups excluding carboxylic acids is 1. The molecule has 1 fully saturated rings. The number of furan rings is 1. The Hall–Kier alpha value is -2.07. The molecular weight excluding hydrogens is 505 g/mol. The Balaban J connectivity index is 0.00000341. The minimum Gasteiger partial charge on any atom is -0.459 e. The quantitative estimate of drug-likeness (QED) is 0.204. The average molecular weight is 539 g/mol. The van der Waals surface area contributed by atoms with E-state index >= 15 is 0 Å². The van der Waals surface area contributed by atoms with Crippen LogP contribution in [-0.2, 0) is 6.54 Å². The number of hydrogen-bond acceptors (Lipinski definition) is 4. The van der Waals surface area contributed by atoms with Gasteiger partial charge in [0.25, 0.3) is 5.91 Å². The lowest BCUT2D eigenvalue weighted by molar-refractivity contribution is 0.0996. The summed E-state index contributed by atoms with van der Waals surface area (Å²) in [5, 5.41) is 9.55. The summed E-state index contributed by atoms with van der Waals surface area (Å²) in [5.41, 5.74) is 1.84. The number of nitrogens with one attached hydrogen (secondary N) is 3. The number of carbonyl (C=O) groups is 1. The van der Waals surface area contributed by atoms with E-state index in [-0.39, 0.29) is 29.9 Å². The smallest absolute Gasteiger partial charge is 0.291 e. The monoisotopic (exact) mass is 539 g/mol. The molecule has 3 rings (SSSR count). The Morgan fingerprint density at radius 1 is 1.19 bits per heavy atom. The molecule has 1 saturated heterocycles. The van der Waals surface area contributed by atoms with Crippen LogP contribution in [0.5, 0.6) is 0 Å². The number of likely N-dealkylation sites (tertiary alicyclic amines) is 1. The molecule has 0 spiro atoms. The van der Waals surface area contributed by atoms with Crippen molar-refractivity contribution in [3.63, 3.8) is 0 Å². The molecule has 1 amide bonds. The topological polar surface area (TPSA) is 81.9 Å². The van der Waals surface area contributed by atoms with Gasteiger partial charge in [0.15, 0.2) is 11.7 Å². The molecule has 2 aromatic rings. The van der Waals surface area contributed by atoms with Crippen LogP contribution in [0.25, 0.3) is 0 Å². The van der Waals surface area contributed by atoms with E-state index in [1.807, 2.05) is 24.3 Å². The van der Waals surface area contributed by atoms with Crippen LogP contribution in [0.1, 0.15) is 48.7 Å². The van der Waals surface area contributed by atoms with E-state index < -0.39 is 0 Å². The Kier molecular flexibility index (Phi) is 10.9. The molecule has 7 nitrogen and oxygen atoms in total. The number of halogens is 1. The van der Waals surface area contributed by atoms with Gasteiger partial charge in [0.1, 0.15) is 0 Å². The molecular formula is C23H34IN5O2. The van der Waals surface area contributed by atoms with Gasteiger partial charge in [0.05, 0.1) is 6.26 Å². The summed E-state index contributed by atoms with van der Waals surface area (Å²) in [6.07, 6.45) is 6.60. The molecule has 31 heavy (non-hydrogen) atoms. The van der Waals surface area contributed by atoms with E-state index in [4.69, 9.17) is 4.42 Å². The molecule has 1 aliphatic heterocycles. The first-order valence-corrected chi connectivity index (χ1v) is 10.8. The van der Waals surface area contributed by atoms with Gasteiger partial charge in [-0.1, -0.05) is 18.6 Å². The maximum atomic E-state index is 12.0. The highest BCUT2D eigenvalue weighted by Crippen LogP contribution is 2.16. The number of rotatable bonds is 8. The molecule has 0 radical (unpaired) electrons. The number of anilines is 1. The zero-order valence-electron chi connectivity index (χ0n) is 18.4. The molecule has 3 N–H and O–H groups in total. The predicted molar refractivity (Wildman–Crippen MR) is 136 cm³/mol. The van der Waals surface area contributed by atoms with Gasteiger partial charge in [-0.2, -0.15) is 0 Å². The Morgan fingerprint density at radius 3 is 2.68 bits per heavy atom. The summed E-state index contributed by atoms with van der Waals surface area (Å²) in [4.78, 5) is 18.9. The molecule has 0 aliphatic carbocycles. The highest BCUT2D eigenvalue weighted by atomic mass is 127. The van der Waals surface area contributed by atoms with Crippen LogP contribution in [0.3, 0.4) is 0 Å². The van der Waals surface area contributed by atoms with Gasteiger partial charge in [0, 0.05) is 38.4 Å². The van der Waals surface area contributed by atoms with Gasteiger partial charge in [0.2, 0.25) is 0 Å². The van der Waals surface area contributed by atoms with Crippen molar-refractivity contribution in [2.45, 2.75) is 45.2 Å². The molecule has 1 aliphatic rings. The number of piperidine rings is 1. The first-order chi connectivity index (χ1) is 14.7. The minimum atomic E-state index is -0.255. The van der Waals surface area contributed by atoms with Crippen molar-refractivity contribution in [1.82, 2.24) is 15.5 Å². The average Bonchev–Trinajstić information content (AvgIpc) is 3.31. The summed E-state index contributed by atoms with van der Waals surface area (Å²) in [6, 6.07) is 11.8. The van der Waals surface area contributed by atoms with Gasteiger partial charge in [-0.05, 0) is 62.6 Å². The molecule has 1 aromatic carbocycles. The highest BCUT2D eigenvalue weighted by Gasteiger charge is 2.17. The number of guanidine groups is 1. The van der Waals surface area contributed by atoms with Crippen LogP contribution in [0, 0.1) is 0 Å². The van der Waals surface area contributed by atoms with Crippen LogP contribution < -0.4 is 16.0 Å². The normalized spacial score (nSPS) is 17.0. The zero-order chi connectivity index (χ0) is 21.2. The summed E-state index contributed by atoms with van der Waals surface area (Å²) in [6.45, 7) is 6.26. The molecule has 1 aromatic heterocycles. The van der Waals surface area contributed by atoms with Crippen molar-refractivity contribution in [1.29, 1.82) is 0 Å². The fourth-order valence-electron chi connectivity index (χ4n) is 3.69. The van der Waals surface area contributed by atoms with Crippen molar-refractivity contribution in [2.75, 3.05) is 32.0 Å². The van der Waals surface area contributed by atoms with E-state index in [0.29, 0.717) is 18.3 Å². The SMILES string of the molecule is CN=C(NCCCN1CCCCC1C)NCc1ccc(NC(=O)c2ccco2)cc1.I. The Morgan fingerprint density at radius 2 is 2.00 bits per heavy atom. The van der Waals surface area contributed by atoms with Gasteiger partial charge in [-0.15, -0.1) is 24.0 Å². The largest absolute Gasteiger partial charge is 0.459 e. The fraction of sp³-hybridized carbons (Fsp3) is 0.478. The van der Waals surface area contributed by atoms with Crippen LogP contribution in [0.15, 0.2) is 52.1 Å². The maximum absolute atomic E-state index is 12.0. The van der Waals surface area contributed by atoms with Gasteiger partial charge in [-0.25, -0.2) is 0 Å². The lowest BCUT2D eigenvalue weighted by Crippen LogP contribution is -2.41. The van der Waals surface area contributed by atoms with Crippen LogP contribution >= 0.6 is 24.0 Å². The van der Waals surface area contributed by atoms with Crippen LogP contribution in [0.2, 0.25) is 0 Å². The van der Waals surface area contributed by atoms with E-state index in [1.54, 1.807) is 19.2 Å². The first kappa shape index (κ1) is 25.2. The van der Waals surface area contributed by atoms with Crippen molar-refractivity contribution in [3.8, 4) is 0 Å². The predicted octanol–water partition coefficient (Wildman–Crippen LogP) is 4.08. The van der Waals surface area contributed by atoms with Crippen molar-refractivity contribution in [3.05, 3.63) is 54.0 Å². The Bertz CT molecular complexity index is 808. The first-order valence-electron chi connectivity index (χ1n) is 10.8. The standard InChI is InChI=1S/C23H33N5O2.HI/c1-18-7-3-4-14-28(18)15-6-13-25-23(24-2)26-17-19-9-11-20(12-10-19)27-22(29)21-8-5-16-30-21;/h5,8-12,16,18H,3-4,6-7,13-15,17H2,1-2H3,(H,27,29)(H2,24,25,26);1H. The third-order valence-electron chi connectivity index (χ3n) is 5.50. The Labute approximate surface area is 202 Å².